The SMILES string of the molecule is CC(C)(C)OC(=O)N1CCC(CN2CCC3(CC2)CC(Oc2cc(CN(CC4CCCN4)C(/C=C(\N)c4ccccc4O)=C(N)N)ccn2)C3)CC1. The van der Waals surface area contributed by atoms with Crippen LogP contribution in [0.3, 0.4) is 0 Å². The second kappa shape index (κ2) is 16.2. The number of rotatable bonds is 11. The molecule has 0 radical (unpaired) electrons. The zero-order chi connectivity index (χ0) is 36.9. The lowest BCUT2D eigenvalue weighted by Gasteiger charge is -2.52. The molecule has 2 aromatic rings. The molecule has 1 spiro atoms. The van der Waals surface area contributed by atoms with Gasteiger partial charge in [-0.2, -0.15) is 0 Å². The van der Waals surface area contributed by atoms with Crippen LogP contribution in [0.2, 0.25) is 0 Å². The Morgan fingerprint density at radius 3 is 2.46 bits per heavy atom. The predicted octanol–water partition coefficient (Wildman–Crippen LogP) is 4.70. The third-order valence-electron chi connectivity index (χ3n) is 11.2. The van der Waals surface area contributed by atoms with Gasteiger partial charge in [0.1, 0.15) is 23.3 Å². The Kier molecular flexibility index (Phi) is 11.7. The fraction of sp³-hybridized carbons (Fsp3) is 0.600. The van der Waals surface area contributed by atoms with Gasteiger partial charge in [0, 0.05) is 62.3 Å². The summed E-state index contributed by atoms with van der Waals surface area (Å²) < 4.78 is 12.0. The monoisotopic (exact) mass is 716 g/mol. The van der Waals surface area contributed by atoms with Crippen LogP contribution in [0.4, 0.5) is 4.79 Å². The van der Waals surface area contributed by atoms with Crippen molar-refractivity contribution in [2.24, 2.45) is 28.5 Å². The predicted molar refractivity (Wildman–Crippen MR) is 204 cm³/mol. The summed E-state index contributed by atoms with van der Waals surface area (Å²) in [6, 6.07) is 11.3. The molecule has 0 bridgehead atoms. The van der Waals surface area contributed by atoms with E-state index in [1.165, 1.54) is 12.8 Å². The van der Waals surface area contributed by atoms with Crippen molar-refractivity contribution < 1.29 is 19.4 Å². The number of nitrogens with zero attached hydrogens (tertiary/aromatic N) is 4. The van der Waals surface area contributed by atoms with E-state index in [1.54, 1.807) is 24.3 Å². The number of aromatic hydroxyl groups is 1. The number of likely N-dealkylation sites (tertiary alicyclic amines) is 2. The maximum Gasteiger partial charge on any atom is 0.410 e. The van der Waals surface area contributed by atoms with Gasteiger partial charge in [0.15, 0.2) is 0 Å². The van der Waals surface area contributed by atoms with Crippen LogP contribution in [-0.2, 0) is 11.3 Å². The topological polar surface area (TPSA) is 168 Å². The first-order valence-corrected chi connectivity index (χ1v) is 19.2. The molecule has 1 aromatic heterocycles. The number of pyridine rings is 1. The molecule has 12 nitrogen and oxygen atoms in total. The minimum absolute atomic E-state index is 0.100. The lowest BCUT2D eigenvalue weighted by molar-refractivity contribution is -0.0596. The third-order valence-corrected chi connectivity index (χ3v) is 11.2. The van der Waals surface area contributed by atoms with E-state index in [0.717, 1.165) is 83.4 Å². The highest BCUT2D eigenvalue weighted by atomic mass is 16.6. The summed E-state index contributed by atoms with van der Waals surface area (Å²) >= 11 is 0. The maximum atomic E-state index is 12.5. The number of piperidine rings is 2. The Hall–Kier alpha value is -4.16. The lowest BCUT2D eigenvalue weighted by atomic mass is 9.61. The van der Waals surface area contributed by atoms with E-state index in [4.69, 9.17) is 26.7 Å². The van der Waals surface area contributed by atoms with Crippen LogP contribution in [0.1, 0.15) is 83.3 Å². The number of aromatic nitrogens is 1. The second-order valence-electron chi connectivity index (χ2n) is 16.5. The smallest absolute Gasteiger partial charge is 0.410 e. The standard InChI is InChI=1S/C40H60N8O4/c1-39(2,3)52-38(50)47-17-11-28(12-18-47)25-46-19-13-40(14-20-46)23-31(24-40)51-36-21-29(10-16-45-36)26-48(27-30-7-6-15-44-30)34(37(42)43)22-33(41)32-8-4-5-9-35(32)49/h4-5,8-10,16,21-22,28,30-31,44,49H,6-7,11-15,17-20,23-27,41-43H2,1-3H3/b33-22-. The van der Waals surface area contributed by atoms with E-state index in [1.807, 2.05) is 50.1 Å². The number of benzene rings is 1. The van der Waals surface area contributed by atoms with Crippen molar-refractivity contribution in [2.75, 3.05) is 45.8 Å². The maximum absolute atomic E-state index is 12.5. The van der Waals surface area contributed by atoms with Gasteiger partial charge in [-0.15, -0.1) is 0 Å². The summed E-state index contributed by atoms with van der Waals surface area (Å²) in [5, 5.41) is 14.0. The molecule has 1 atom stereocenters. The van der Waals surface area contributed by atoms with Gasteiger partial charge in [0.25, 0.3) is 0 Å². The summed E-state index contributed by atoms with van der Waals surface area (Å²) in [6.45, 7) is 12.9. The minimum atomic E-state index is -0.454. The van der Waals surface area contributed by atoms with Gasteiger partial charge in [0.05, 0.1) is 5.70 Å². The number of amides is 1. The average Bonchev–Trinajstić information content (AvgIpc) is 3.60. The first kappa shape index (κ1) is 37.6. The molecule has 8 N–H and O–H groups in total. The lowest BCUT2D eigenvalue weighted by Crippen LogP contribution is -2.52. The van der Waals surface area contributed by atoms with E-state index in [9.17, 15) is 9.90 Å². The number of nitrogens with two attached hydrogens (primary N) is 3. The van der Waals surface area contributed by atoms with Crippen LogP contribution < -0.4 is 27.3 Å². The number of carbonyl (C=O) groups is 1. The minimum Gasteiger partial charge on any atom is -0.507 e. The highest BCUT2D eigenvalue weighted by molar-refractivity contribution is 5.70. The van der Waals surface area contributed by atoms with Gasteiger partial charge >= 0.3 is 6.09 Å². The average molecular weight is 717 g/mol. The number of phenols is 1. The fourth-order valence-electron chi connectivity index (χ4n) is 8.33. The Labute approximate surface area is 309 Å². The van der Waals surface area contributed by atoms with Crippen molar-refractivity contribution in [1.29, 1.82) is 0 Å². The molecular formula is C40H60N8O4. The zero-order valence-corrected chi connectivity index (χ0v) is 31.4. The van der Waals surface area contributed by atoms with Crippen LogP contribution in [0.5, 0.6) is 11.6 Å². The van der Waals surface area contributed by atoms with Gasteiger partial charge in [-0.25, -0.2) is 9.78 Å². The van der Waals surface area contributed by atoms with E-state index in [-0.39, 0.29) is 23.8 Å². The summed E-state index contributed by atoms with van der Waals surface area (Å²) in [7, 11) is 0. The molecule has 1 aliphatic carbocycles. The van der Waals surface area contributed by atoms with Gasteiger partial charge in [0.2, 0.25) is 5.88 Å². The number of ether oxygens (including phenoxy) is 2. The number of hydrogen-bond donors (Lipinski definition) is 5. The van der Waals surface area contributed by atoms with Crippen molar-refractivity contribution in [3.05, 3.63) is 71.3 Å². The molecule has 3 aliphatic heterocycles. The van der Waals surface area contributed by atoms with Gasteiger partial charge in [-0.3, -0.25) is 0 Å². The van der Waals surface area contributed by atoms with Crippen LogP contribution in [0.25, 0.3) is 5.70 Å². The number of hydrogen-bond acceptors (Lipinski definition) is 11. The van der Waals surface area contributed by atoms with Crippen molar-refractivity contribution in [1.82, 2.24) is 25.0 Å². The van der Waals surface area contributed by atoms with Gasteiger partial charge < -0.3 is 51.8 Å². The highest BCUT2D eigenvalue weighted by Crippen LogP contribution is 2.50. The van der Waals surface area contributed by atoms with Crippen molar-refractivity contribution >= 4 is 11.8 Å². The summed E-state index contributed by atoms with van der Waals surface area (Å²) in [6.07, 6.45) is 12.3. The number of carbonyl (C=O) groups excluding carboxylic acids is 1. The summed E-state index contributed by atoms with van der Waals surface area (Å²) in [5.41, 5.74) is 21.5. The Morgan fingerprint density at radius 1 is 1.08 bits per heavy atom. The largest absolute Gasteiger partial charge is 0.507 e. The second-order valence-corrected chi connectivity index (χ2v) is 16.5. The molecule has 6 rings (SSSR count). The Morgan fingerprint density at radius 2 is 1.81 bits per heavy atom. The molecule has 52 heavy (non-hydrogen) atoms. The highest BCUT2D eigenvalue weighted by Gasteiger charge is 2.47. The normalized spacial score (nSPS) is 21.5. The first-order valence-electron chi connectivity index (χ1n) is 19.2. The molecule has 1 amide bonds. The fourth-order valence-corrected chi connectivity index (χ4v) is 8.33. The van der Waals surface area contributed by atoms with Crippen LogP contribution in [0.15, 0.2) is 60.2 Å². The molecule has 1 unspecified atom stereocenters. The molecule has 4 fully saturated rings. The first-order chi connectivity index (χ1) is 24.8. The van der Waals surface area contributed by atoms with E-state index < -0.39 is 5.60 Å². The van der Waals surface area contributed by atoms with Crippen LogP contribution >= 0.6 is 0 Å². The van der Waals surface area contributed by atoms with Crippen molar-refractivity contribution in [3.63, 3.8) is 0 Å². The van der Waals surface area contributed by atoms with E-state index >= 15 is 0 Å². The number of nitrogens with one attached hydrogen (secondary N) is 1. The Balaban J connectivity index is 1.00. The quantitative estimate of drug-likeness (QED) is 0.205. The van der Waals surface area contributed by atoms with Crippen molar-refractivity contribution in [2.45, 2.75) is 96.4 Å². The summed E-state index contributed by atoms with van der Waals surface area (Å²) in [4.78, 5) is 23.7. The molecule has 12 heteroatoms. The van der Waals surface area contributed by atoms with E-state index in [2.05, 4.69) is 20.1 Å². The molecule has 1 saturated carbocycles. The molecule has 4 heterocycles. The molecule has 4 aliphatic rings. The molecular weight excluding hydrogens is 656 g/mol. The van der Waals surface area contributed by atoms with Gasteiger partial charge in [-0.05, 0) is 133 Å². The summed E-state index contributed by atoms with van der Waals surface area (Å²) in [5.74, 6) is 1.54. The Bertz CT molecular complexity index is 1570. The van der Waals surface area contributed by atoms with Crippen molar-refractivity contribution in [3.8, 4) is 11.6 Å². The van der Waals surface area contributed by atoms with Crippen LogP contribution in [-0.4, -0.2) is 94.4 Å². The van der Waals surface area contributed by atoms with Gasteiger partial charge in [-0.1, -0.05) is 12.1 Å². The number of phenolic OH excluding ortho intramolecular Hbond substituents is 1. The van der Waals surface area contributed by atoms with Crippen LogP contribution in [0, 0.1) is 11.3 Å². The number of para-hydroxylation sites is 1. The molecule has 3 saturated heterocycles. The molecule has 284 valence electrons. The third kappa shape index (κ3) is 9.83. The zero-order valence-electron chi connectivity index (χ0n) is 31.4. The van der Waals surface area contributed by atoms with E-state index in [0.29, 0.717) is 53.3 Å². The molecule has 1 aromatic carbocycles. The number of allylic oxidation sites excluding steroid dienone is 1.